The van der Waals surface area contributed by atoms with Gasteiger partial charge in [0.2, 0.25) is 10.0 Å². The summed E-state index contributed by atoms with van der Waals surface area (Å²) < 4.78 is 37.7. The number of piperidine rings is 1. The Hall–Kier alpha value is -2.56. The number of amides is 1. The number of carbonyl (C=O) groups excluding carboxylic acids is 2. The third-order valence-corrected chi connectivity index (χ3v) is 8.24. The van der Waals surface area contributed by atoms with Gasteiger partial charge in [0.05, 0.1) is 23.4 Å². The molecular formula is C23H28N2O6S2. The predicted octanol–water partition coefficient (Wildman–Crippen LogP) is 3.45. The van der Waals surface area contributed by atoms with E-state index in [1.54, 1.807) is 0 Å². The molecule has 8 nitrogen and oxygen atoms in total. The molecule has 1 amide bonds. The van der Waals surface area contributed by atoms with Crippen LogP contribution < -0.4 is 10.1 Å². The van der Waals surface area contributed by atoms with Crippen molar-refractivity contribution in [2.45, 2.75) is 36.0 Å². The average molecular weight is 493 g/mol. The van der Waals surface area contributed by atoms with Gasteiger partial charge in [0.25, 0.3) is 5.91 Å². The van der Waals surface area contributed by atoms with Crippen LogP contribution in [-0.4, -0.2) is 57.2 Å². The van der Waals surface area contributed by atoms with Crippen LogP contribution in [0, 0.1) is 6.92 Å². The van der Waals surface area contributed by atoms with E-state index in [0.29, 0.717) is 18.8 Å². The Kier molecular flexibility index (Phi) is 8.76. The zero-order valence-corrected chi connectivity index (χ0v) is 20.3. The second-order valence-electron chi connectivity index (χ2n) is 7.59. The van der Waals surface area contributed by atoms with Gasteiger partial charge in [0, 0.05) is 18.0 Å². The number of hydrogen-bond donors (Lipinski definition) is 1. The van der Waals surface area contributed by atoms with Crippen LogP contribution in [0.5, 0.6) is 5.75 Å². The minimum absolute atomic E-state index is 0.0744. The molecule has 0 spiro atoms. The molecule has 0 atom stereocenters. The first-order valence-corrected chi connectivity index (χ1v) is 13.1. The van der Waals surface area contributed by atoms with Crippen LogP contribution in [0.15, 0.2) is 52.3 Å². The first kappa shape index (κ1) is 25.1. The van der Waals surface area contributed by atoms with E-state index in [2.05, 4.69) is 5.32 Å². The summed E-state index contributed by atoms with van der Waals surface area (Å²) in [6.07, 6.45) is 2.66. The number of aryl methyl sites for hydroxylation is 1. The molecule has 0 aliphatic carbocycles. The van der Waals surface area contributed by atoms with Gasteiger partial charge in [0.15, 0.2) is 6.61 Å². The molecule has 33 heavy (non-hydrogen) atoms. The molecule has 2 aromatic carbocycles. The molecule has 2 aromatic rings. The minimum Gasteiger partial charge on any atom is -0.495 e. The Labute approximate surface area is 198 Å². The van der Waals surface area contributed by atoms with Gasteiger partial charge in [0.1, 0.15) is 5.75 Å². The molecule has 1 heterocycles. The number of ether oxygens (including phenoxy) is 2. The maximum absolute atomic E-state index is 13.0. The van der Waals surface area contributed by atoms with Crippen molar-refractivity contribution in [1.82, 2.24) is 4.31 Å². The molecule has 1 fully saturated rings. The van der Waals surface area contributed by atoms with Gasteiger partial charge in [-0.15, -0.1) is 11.8 Å². The summed E-state index contributed by atoms with van der Waals surface area (Å²) in [5.41, 5.74) is 1.26. The van der Waals surface area contributed by atoms with E-state index in [9.17, 15) is 18.0 Å². The Bertz CT molecular complexity index is 1100. The number of esters is 1. The number of methoxy groups -OCH3 is 1. The maximum Gasteiger partial charge on any atom is 0.316 e. The van der Waals surface area contributed by atoms with Gasteiger partial charge in [-0.3, -0.25) is 9.59 Å². The highest BCUT2D eigenvalue weighted by molar-refractivity contribution is 8.00. The number of nitrogens with one attached hydrogen (secondary N) is 1. The lowest BCUT2D eigenvalue weighted by atomic mass is 10.2. The number of sulfonamides is 1. The molecular weight excluding hydrogens is 464 g/mol. The summed E-state index contributed by atoms with van der Waals surface area (Å²) in [7, 11) is -2.25. The first-order chi connectivity index (χ1) is 15.8. The van der Waals surface area contributed by atoms with Crippen LogP contribution in [0.2, 0.25) is 0 Å². The third kappa shape index (κ3) is 6.72. The van der Waals surface area contributed by atoms with Crippen LogP contribution >= 0.6 is 11.8 Å². The van der Waals surface area contributed by atoms with E-state index >= 15 is 0 Å². The molecule has 0 unspecified atom stereocenters. The lowest BCUT2D eigenvalue weighted by molar-refractivity contribution is -0.144. The third-order valence-electron chi connectivity index (χ3n) is 5.20. The number of nitrogens with zero attached hydrogens (tertiary/aromatic N) is 1. The van der Waals surface area contributed by atoms with Crippen molar-refractivity contribution in [3.05, 3.63) is 48.0 Å². The molecule has 178 valence electrons. The maximum atomic E-state index is 13.0. The number of carbonyl (C=O) groups is 2. The normalized spacial score (nSPS) is 14.5. The van der Waals surface area contributed by atoms with Crippen molar-refractivity contribution in [1.29, 1.82) is 0 Å². The van der Waals surface area contributed by atoms with Gasteiger partial charge in [-0.05, 0) is 49.6 Å². The fourth-order valence-corrected chi connectivity index (χ4v) is 5.80. The van der Waals surface area contributed by atoms with Gasteiger partial charge in [-0.2, -0.15) is 4.31 Å². The number of thioether (sulfide) groups is 1. The summed E-state index contributed by atoms with van der Waals surface area (Å²) in [6, 6.07) is 12.0. The smallest absolute Gasteiger partial charge is 0.316 e. The SMILES string of the molecule is COc1ccc(S(=O)(=O)N2CCCCC2)cc1NC(=O)COC(=O)CSc1ccccc1C. The number of benzene rings is 2. The molecule has 0 radical (unpaired) electrons. The number of anilines is 1. The Morgan fingerprint density at radius 3 is 2.52 bits per heavy atom. The summed E-state index contributed by atoms with van der Waals surface area (Å²) in [4.78, 5) is 25.4. The van der Waals surface area contributed by atoms with E-state index in [0.717, 1.165) is 29.7 Å². The van der Waals surface area contributed by atoms with E-state index < -0.39 is 28.5 Å². The van der Waals surface area contributed by atoms with Crippen molar-refractivity contribution in [2.75, 3.05) is 37.9 Å². The molecule has 1 aliphatic rings. The van der Waals surface area contributed by atoms with E-state index in [1.807, 2.05) is 31.2 Å². The van der Waals surface area contributed by atoms with Crippen molar-refractivity contribution in [3.63, 3.8) is 0 Å². The first-order valence-electron chi connectivity index (χ1n) is 10.6. The van der Waals surface area contributed by atoms with Gasteiger partial charge in [-0.25, -0.2) is 8.42 Å². The second kappa shape index (κ2) is 11.5. The average Bonchev–Trinajstić information content (AvgIpc) is 2.82. The lowest BCUT2D eigenvalue weighted by Gasteiger charge is -2.26. The fraction of sp³-hybridized carbons (Fsp3) is 0.391. The highest BCUT2D eigenvalue weighted by atomic mass is 32.2. The highest BCUT2D eigenvalue weighted by Crippen LogP contribution is 2.30. The van der Waals surface area contributed by atoms with E-state index in [1.165, 1.54) is 41.4 Å². The van der Waals surface area contributed by atoms with Crippen molar-refractivity contribution in [2.24, 2.45) is 0 Å². The quantitative estimate of drug-likeness (QED) is 0.422. The fourth-order valence-electron chi connectivity index (χ4n) is 3.43. The standard InChI is InChI=1S/C23H28N2O6S2/c1-17-8-4-5-9-21(17)32-16-23(27)31-15-22(26)24-19-14-18(10-11-20(19)30-2)33(28,29)25-12-6-3-7-13-25/h4-5,8-11,14H,3,6-7,12-13,15-16H2,1-2H3,(H,24,26). The van der Waals surface area contributed by atoms with Gasteiger partial charge >= 0.3 is 5.97 Å². The number of hydrogen-bond acceptors (Lipinski definition) is 7. The summed E-state index contributed by atoms with van der Waals surface area (Å²) in [5.74, 6) is -0.727. The molecule has 3 rings (SSSR count). The number of rotatable bonds is 9. The summed E-state index contributed by atoms with van der Waals surface area (Å²) in [6.45, 7) is 2.42. The molecule has 1 aliphatic heterocycles. The van der Waals surface area contributed by atoms with Crippen molar-refractivity contribution in [3.8, 4) is 5.75 Å². The van der Waals surface area contributed by atoms with Crippen LogP contribution in [0.1, 0.15) is 24.8 Å². The van der Waals surface area contributed by atoms with Crippen LogP contribution in [0.25, 0.3) is 0 Å². The second-order valence-corrected chi connectivity index (χ2v) is 10.5. The topological polar surface area (TPSA) is 102 Å². The van der Waals surface area contributed by atoms with Crippen molar-refractivity contribution >= 4 is 39.3 Å². The highest BCUT2D eigenvalue weighted by Gasteiger charge is 2.27. The Morgan fingerprint density at radius 2 is 1.82 bits per heavy atom. The van der Waals surface area contributed by atoms with Crippen molar-refractivity contribution < 1.29 is 27.5 Å². The Morgan fingerprint density at radius 1 is 1.09 bits per heavy atom. The zero-order valence-electron chi connectivity index (χ0n) is 18.7. The largest absolute Gasteiger partial charge is 0.495 e. The molecule has 10 heteroatoms. The lowest BCUT2D eigenvalue weighted by Crippen LogP contribution is -2.35. The molecule has 0 saturated carbocycles. The minimum atomic E-state index is -3.67. The van der Waals surface area contributed by atoms with Crippen LogP contribution in [0.4, 0.5) is 5.69 Å². The molecule has 0 aromatic heterocycles. The van der Waals surface area contributed by atoms with Gasteiger partial charge in [-0.1, -0.05) is 24.6 Å². The molecule has 1 N–H and O–H groups in total. The zero-order chi connectivity index (χ0) is 23.8. The van der Waals surface area contributed by atoms with E-state index in [-0.39, 0.29) is 16.3 Å². The van der Waals surface area contributed by atoms with Gasteiger partial charge < -0.3 is 14.8 Å². The van der Waals surface area contributed by atoms with Crippen LogP contribution in [-0.2, 0) is 24.3 Å². The monoisotopic (exact) mass is 492 g/mol. The molecule has 1 saturated heterocycles. The summed E-state index contributed by atoms with van der Waals surface area (Å²) in [5, 5.41) is 2.58. The predicted molar refractivity (Wildman–Crippen MR) is 127 cm³/mol. The van der Waals surface area contributed by atoms with Crippen LogP contribution in [0.3, 0.4) is 0 Å². The Balaban J connectivity index is 1.59. The molecule has 0 bridgehead atoms. The summed E-state index contributed by atoms with van der Waals surface area (Å²) >= 11 is 1.34. The van der Waals surface area contributed by atoms with E-state index in [4.69, 9.17) is 9.47 Å².